The molecule has 6 nitrogen and oxygen atoms in total. The van der Waals surface area contributed by atoms with E-state index in [-0.39, 0.29) is 30.0 Å². The van der Waals surface area contributed by atoms with Gasteiger partial charge in [-0.05, 0) is 31.0 Å². The number of rotatable bonds is 6. The highest BCUT2D eigenvalue weighted by atomic mass is 16.6. The zero-order chi connectivity index (χ0) is 16.4. The van der Waals surface area contributed by atoms with Crippen molar-refractivity contribution in [2.75, 3.05) is 20.3 Å². The summed E-state index contributed by atoms with van der Waals surface area (Å²) in [4.78, 5) is 25.4. The van der Waals surface area contributed by atoms with Gasteiger partial charge in [0.1, 0.15) is 11.9 Å². The molecule has 0 N–H and O–H groups in total. The van der Waals surface area contributed by atoms with Gasteiger partial charge in [0.15, 0.2) is 0 Å². The Kier molecular flexibility index (Phi) is 4.41. The minimum Gasteiger partial charge on any atom is -0.497 e. The molecule has 2 fully saturated rings. The number of nitrogens with zero attached hydrogens (tertiary/aromatic N) is 1. The Morgan fingerprint density at radius 2 is 2.09 bits per heavy atom. The molecule has 0 aromatic heterocycles. The standard InChI is InChI=1S/C17H21NO5/c1-3-22-16(19)14-8-13(14)15-10-18(17(20)23-15)9-11-4-6-12(21-2)7-5-11/h4-7,13-15H,3,8-10H2,1-2H3/t13-,14-,15?/m0/s1. The zero-order valence-electron chi connectivity index (χ0n) is 13.4. The van der Waals surface area contributed by atoms with Gasteiger partial charge in [-0.3, -0.25) is 4.79 Å². The van der Waals surface area contributed by atoms with Crippen LogP contribution < -0.4 is 4.74 Å². The number of benzene rings is 1. The lowest BCUT2D eigenvalue weighted by molar-refractivity contribution is -0.145. The maximum absolute atomic E-state index is 12.0. The van der Waals surface area contributed by atoms with Crippen molar-refractivity contribution in [1.82, 2.24) is 4.90 Å². The molecule has 1 unspecified atom stereocenters. The van der Waals surface area contributed by atoms with E-state index in [4.69, 9.17) is 14.2 Å². The second-order valence-corrected chi connectivity index (χ2v) is 5.91. The van der Waals surface area contributed by atoms with Gasteiger partial charge < -0.3 is 19.1 Å². The molecule has 0 bridgehead atoms. The van der Waals surface area contributed by atoms with Crippen molar-refractivity contribution in [3.05, 3.63) is 29.8 Å². The predicted molar refractivity (Wildman–Crippen MR) is 81.9 cm³/mol. The highest BCUT2D eigenvalue weighted by molar-refractivity contribution is 5.76. The summed E-state index contributed by atoms with van der Waals surface area (Å²) in [6, 6.07) is 7.59. The van der Waals surface area contributed by atoms with Crippen LogP contribution in [-0.2, 0) is 20.8 Å². The molecule has 1 aliphatic carbocycles. The number of hydrogen-bond donors (Lipinski definition) is 0. The van der Waals surface area contributed by atoms with E-state index in [1.165, 1.54) is 0 Å². The van der Waals surface area contributed by atoms with E-state index in [1.807, 2.05) is 24.3 Å². The lowest BCUT2D eigenvalue weighted by Gasteiger charge is -2.13. The van der Waals surface area contributed by atoms with E-state index in [0.717, 1.165) is 17.7 Å². The summed E-state index contributed by atoms with van der Waals surface area (Å²) in [6.07, 6.45) is 0.211. The van der Waals surface area contributed by atoms with Crippen LogP contribution in [0.1, 0.15) is 18.9 Å². The average Bonchev–Trinajstić information content (AvgIpc) is 3.28. The normalized spacial score (nSPS) is 25.9. The van der Waals surface area contributed by atoms with Crippen molar-refractivity contribution >= 4 is 12.1 Å². The predicted octanol–water partition coefficient (Wildman–Crippen LogP) is 2.22. The topological polar surface area (TPSA) is 65.1 Å². The van der Waals surface area contributed by atoms with E-state index in [2.05, 4.69) is 0 Å². The van der Waals surface area contributed by atoms with Gasteiger partial charge in [0.2, 0.25) is 0 Å². The Labute approximate surface area is 135 Å². The van der Waals surface area contributed by atoms with Gasteiger partial charge >= 0.3 is 12.1 Å². The summed E-state index contributed by atoms with van der Waals surface area (Å²) in [5.74, 6) is 0.584. The lowest BCUT2D eigenvalue weighted by atomic mass is 10.1. The van der Waals surface area contributed by atoms with Crippen LogP contribution >= 0.6 is 0 Å². The second-order valence-electron chi connectivity index (χ2n) is 5.91. The number of ether oxygens (including phenoxy) is 3. The minimum absolute atomic E-state index is 0.0962. The minimum atomic E-state index is -0.319. The first-order valence-electron chi connectivity index (χ1n) is 7.87. The quantitative estimate of drug-likeness (QED) is 0.752. The third-order valence-electron chi connectivity index (χ3n) is 4.35. The molecule has 1 aliphatic heterocycles. The molecular formula is C17H21NO5. The highest BCUT2D eigenvalue weighted by Gasteiger charge is 2.53. The summed E-state index contributed by atoms with van der Waals surface area (Å²) in [5, 5.41) is 0. The van der Waals surface area contributed by atoms with Crippen molar-refractivity contribution < 1.29 is 23.8 Å². The fourth-order valence-electron chi connectivity index (χ4n) is 2.98. The molecule has 3 atom stereocenters. The van der Waals surface area contributed by atoms with E-state index in [0.29, 0.717) is 19.7 Å². The van der Waals surface area contributed by atoms with Crippen molar-refractivity contribution in [1.29, 1.82) is 0 Å². The third kappa shape index (κ3) is 3.41. The molecule has 1 saturated carbocycles. The van der Waals surface area contributed by atoms with E-state index in [1.54, 1.807) is 18.9 Å². The van der Waals surface area contributed by atoms with Crippen LogP contribution in [0.25, 0.3) is 0 Å². The van der Waals surface area contributed by atoms with Gasteiger partial charge in [0, 0.05) is 12.5 Å². The van der Waals surface area contributed by atoms with Crippen molar-refractivity contribution in [3.8, 4) is 5.75 Å². The maximum Gasteiger partial charge on any atom is 0.410 e. The van der Waals surface area contributed by atoms with Crippen LogP contribution in [-0.4, -0.2) is 43.3 Å². The van der Waals surface area contributed by atoms with Gasteiger partial charge in [-0.15, -0.1) is 0 Å². The first-order valence-corrected chi connectivity index (χ1v) is 7.87. The number of cyclic esters (lactones) is 1. The Hall–Kier alpha value is -2.24. The average molecular weight is 319 g/mol. The van der Waals surface area contributed by atoms with Gasteiger partial charge in [-0.1, -0.05) is 12.1 Å². The molecule has 1 aromatic carbocycles. The van der Waals surface area contributed by atoms with Gasteiger partial charge in [0.25, 0.3) is 0 Å². The number of amides is 1. The molecule has 2 aliphatic rings. The Balaban J connectivity index is 1.55. The Morgan fingerprint density at radius 3 is 2.74 bits per heavy atom. The number of esters is 1. The van der Waals surface area contributed by atoms with E-state index < -0.39 is 0 Å². The number of hydrogen-bond acceptors (Lipinski definition) is 5. The van der Waals surface area contributed by atoms with Gasteiger partial charge in [0.05, 0.1) is 26.2 Å². The molecule has 1 heterocycles. The third-order valence-corrected chi connectivity index (χ3v) is 4.35. The van der Waals surface area contributed by atoms with E-state index in [9.17, 15) is 9.59 Å². The molecule has 1 aromatic rings. The van der Waals surface area contributed by atoms with Crippen LogP contribution in [0, 0.1) is 11.8 Å². The van der Waals surface area contributed by atoms with Crippen LogP contribution in [0.15, 0.2) is 24.3 Å². The summed E-state index contributed by atoms with van der Waals surface area (Å²) in [5.41, 5.74) is 1.01. The molecule has 1 saturated heterocycles. The van der Waals surface area contributed by atoms with Crippen molar-refractivity contribution in [2.24, 2.45) is 11.8 Å². The number of carbonyl (C=O) groups excluding carboxylic acids is 2. The molecule has 6 heteroatoms. The van der Waals surface area contributed by atoms with Gasteiger partial charge in [-0.25, -0.2) is 4.79 Å². The van der Waals surface area contributed by atoms with Crippen molar-refractivity contribution in [3.63, 3.8) is 0 Å². The van der Waals surface area contributed by atoms with E-state index >= 15 is 0 Å². The summed E-state index contributed by atoms with van der Waals surface area (Å²) in [6.45, 7) is 3.19. The number of methoxy groups -OCH3 is 1. The largest absolute Gasteiger partial charge is 0.497 e. The summed E-state index contributed by atoms with van der Waals surface area (Å²) < 4.78 is 15.6. The molecule has 3 rings (SSSR count). The van der Waals surface area contributed by atoms with Gasteiger partial charge in [-0.2, -0.15) is 0 Å². The first kappa shape index (κ1) is 15.6. The molecule has 0 spiro atoms. The maximum atomic E-state index is 12.0. The first-order chi connectivity index (χ1) is 11.1. The smallest absolute Gasteiger partial charge is 0.410 e. The molecule has 124 valence electrons. The van der Waals surface area contributed by atoms with Crippen LogP contribution in [0.4, 0.5) is 4.79 Å². The van der Waals surface area contributed by atoms with Crippen LogP contribution in [0.2, 0.25) is 0 Å². The van der Waals surface area contributed by atoms with Crippen molar-refractivity contribution in [2.45, 2.75) is 26.0 Å². The molecule has 1 amide bonds. The lowest BCUT2D eigenvalue weighted by Crippen LogP contribution is -2.25. The molecule has 23 heavy (non-hydrogen) atoms. The number of carbonyl (C=O) groups is 2. The Morgan fingerprint density at radius 1 is 1.35 bits per heavy atom. The molecule has 0 radical (unpaired) electrons. The fraction of sp³-hybridized carbons (Fsp3) is 0.529. The SMILES string of the molecule is CCOC(=O)[C@H]1C[C@@H]1C1CN(Cc2ccc(OC)cc2)C(=O)O1. The second kappa shape index (κ2) is 6.48. The Bertz CT molecular complexity index is 585. The van der Waals surface area contributed by atoms with Crippen LogP contribution in [0.3, 0.4) is 0 Å². The fourth-order valence-corrected chi connectivity index (χ4v) is 2.98. The molecular weight excluding hydrogens is 298 g/mol. The summed E-state index contributed by atoms with van der Waals surface area (Å²) >= 11 is 0. The van der Waals surface area contributed by atoms with Crippen LogP contribution in [0.5, 0.6) is 5.75 Å². The zero-order valence-corrected chi connectivity index (χ0v) is 13.4. The summed E-state index contributed by atoms with van der Waals surface area (Å²) in [7, 11) is 1.62. The monoisotopic (exact) mass is 319 g/mol. The highest BCUT2D eigenvalue weighted by Crippen LogP contribution is 2.45.